The van der Waals surface area contributed by atoms with Crippen molar-refractivity contribution in [1.82, 2.24) is 4.90 Å². The summed E-state index contributed by atoms with van der Waals surface area (Å²) in [5.74, 6) is 0.0998. The molecule has 0 radical (unpaired) electrons. The average molecular weight is 677 g/mol. The molecule has 3 amide bonds. The Bertz CT molecular complexity index is 1470. The molecule has 1 heterocycles. The normalized spacial score (nSPS) is 14.2. The number of amides is 3. The van der Waals surface area contributed by atoms with Crippen LogP contribution in [0.5, 0.6) is 11.5 Å². The highest BCUT2D eigenvalue weighted by Crippen LogP contribution is 2.37. The predicted molar refractivity (Wildman–Crippen MR) is 163 cm³/mol. The van der Waals surface area contributed by atoms with Gasteiger partial charge in [-0.3, -0.25) is 19.3 Å². The third-order valence-electron chi connectivity index (χ3n) is 5.96. The average Bonchev–Trinajstić information content (AvgIpc) is 3.13. The van der Waals surface area contributed by atoms with Crippen LogP contribution in [-0.4, -0.2) is 35.6 Å². The molecule has 1 N–H and O–H groups in total. The summed E-state index contributed by atoms with van der Waals surface area (Å²) in [7, 11) is 1.54. The summed E-state index contributed by atoms with van der Waals surface area (Å²) in [4.78, 5) is 39.6. The molecule has 0 aromatic heterocycles. The first-order valence-corrected chi connectivity index (χ1v) is 14.2. The van der Waals surface area contributed by atoms with E-state index in [9.17, 15) is 14.4 Å². The van der Waals surface area contributed by atoms with Crippen LogP contribution in [0.3, 0.4) is 0 Å². The van der Waals surface area contributed by atoms with Crippen LogP contribution >= 0.6 is 46.0 Å². The van der Waals surface area contributed by atoms with Crippen LogP contribution in [0.2, 0.25) is 5.02 Å². The Morgan fingerprint density at radius 1 is 1.08 bits per heavy atom. The molecule has 1 aliphatic heterocycles. The number of ether oxygens (including phenoxy) is 2. The van der Waals surface area contributed by atoms with Gasteiger partial charge in [-0.15, -0.1) is 0 Å². The van der Waals surface area contributed by atoms with Crippen molar-refractivity contribution < 1.29 is 23.9 Å². The van der Waals surface area contributed by atoms with Crippen molar-refractivity contribution in [3.05, 3.63) is 89.8 Å². The van der Waals surface area contributed by atoms with Gasteiger partial charge in [-0.2, -0.15) is 0 Å². The van der Waals surface area contributed by atoms with Crippen molar-refractivity contribution in [2.45, 2.75) is 27.4 Å². The Hall–Kier alpha value is -3.02. The number of methoxy groups -OCH3 is 1. The Morgan fingerprint density at radius 2 is 1.74 bits per heavy atom. The molecular formula is C29H26ClIN2O5S. The molecular weight excluding hydrogens is 651 g/mol. The summed E-state index contributed by atoms with van der Waals surface area (Å²) in [6, 6.07) is 14.9. The molecule has 0 saturated carbocycles. The molecule has 39 heavy (non-hydrogen) atoms. The summed E-state index contributed by atoms with van der Waals surface area (Å²) >= 11 is 8.89. The highest BCUT2D eigenvalue weighted by atomic mass is 127. The number of carbonyl (C=O) groups is 3. The Balaban J connectivity index is 1.47. The van der Waals surface area contributed by atoms with Crippen molar-refractivity contribution in [3.63, 3.8) is 0 Å². The van der Waals surface area contributed by atoms with Crippen molar-refractivity contribution in [2.24, 2.45) is 0 Å². The zero-order valence-electron chi connectivity index (χ0n) is 21.8. The van der Waals surface area contributed by atoms with E-state index in [2.05, 4.69) is 27.9 Å². The topological polar surface area (TPSA) is 84.9 Å². The first kappa shape index (κ1) is 29.0. The first-order chi connectivity index (χ1) is 18.5. The van der Waals surface area contributed by atoms with Gasteiger partial charge in [0.1, 0.15) is 13.2 Å². The maximum absolute atomic E-state index is 13.0. The molecule has 0 spiro atoms. The highest BCUT2D eigenvalue weighted by Gasteiger charge is 2.36. The van der Waals surface area contributed by atoms with Crippen molar-refractivity contribution in [2.75, 3.05) is 19.0 Å². The van der Waals surface area contributed by atoms with Crippen LogP contribution < -0.4 is 14.8 Å². The molecule has 1 saturated heterocycles. The van der Waals surface area contributed by atoms with E-state index in [1.165, 1.54) is 7.11 Å². The van der Waals surface area contributed by atoms with E-state index >= 15 is 0 Å². The van der Waals surface area contributed by atoms with Gasteiger partial charge in [0.25, 0.3) is 11.1 Å². The van der Waals surface area contributed by atoms with Crippen LogP contribution in [0.25, 0.3) is 6.08 Å². The summed E-state index contributed by atoms with van der Waals surface area (Å²) in [6.45, 7) is 5.75. The van der Waals surface area contributed by atoms with Crippen LogP contribution in [0.15, 0.2) is 53.4 Å². The van der Waals surface area contributed by atoms with Crippen molar-refractivity contribution in [1.29, 1.82) is 0 Å². The number of carbonyl (C=O) groups excluding carboxylic acids is 3. The Morgan fingerprint density at radius 3 is 2.38 bits per heavy atom. The number of aryl methyl sites for hydroxylation is 3. The third-order valence-corrected chi connectivity index (χ3v) is 7.92. The number of anilines is 1. The minimum atomic E-state index is -0.519. The molecule has 0 aliphatic carbocycles. The molecule has 1 aliphatic rings. The summed E-state index contributed by atoms with van der Waals surface area (Å²) in [5, 5.41) is 2.99. The van der Waals surface area contributed by atoms with Gasteiger partial charge in [-0.25, -0.2) is 0 Å². The molecule has 7 nitrogen and oxygen atoms in total. The lowest BCUT2D eigenvalue weighted by molar-refractivity contribution is -0.127. The zero-order valence-corrected chi connectivity index (χ0v) is 25.5. The maximum Gasteiger partial charge on any atom is 0.294 e. The fraction of sp³-hybridized carbons (Fsp3) is 0.207. The smallest absolute Gasteiger partial charge is 0.294 e. The standard InChI is InChI=1S/C29H26ClIN2O5S/c1-16-9-17(2)26(18(3)10-16)32-25(34)14-33-28(35)24(39-29(33)36)13-20-11-22(31)27(23(12-20)37-4)38-15-19-5-7-21(30)8-6-19/h5-13H,14-15H2,1-4H3,(H,32,34)/b24-13+. The lowest BCUT2D eigenvalue weighted by Crippen LogP contribution is -2.36. The lowest BCUT2D eigenvalue weighted by Gasteiger charge is -2.16. The van der Waals surface area contributed by atoms with Gasteiger partial charge in [0.05, 0.1) is 15.6 Å². The number of nitrogens with one attached hydrogen (secondary N) is 1. The van der Waals surface area contributed by atoms with E-state index in [0.29, 0.717) is 34.4 Å². The molecule has 0 bridgehead atoms. The second-order valence-electron chi connectivity index (χ2n) is 9.04. The van der Waals surface area contributed by atoms with Crippen LogP contribution in [0, 0.1) is 24.3 Å². The van der Waals surface area contributed by atoms with Crippen LogP contribution in [0.4, 0.5) is 10.5 Å². The van der Waals surface area contributed by atoms with E-state index in [1.807, 2.05) is 51.1 Å². The third kappa shape index (κ3) is 6.95. The number of hydrogen-bond donors (Lipinski definition) is 1. The molecule has 3 aromatic carbocycles. The van der Waals surface area contributed by atoms with E-state index in [4.69, 9.17) is 21.1 Å². The number of nitrogens with zero attached hydrogens (tertiary/aromatic N) is 1. The maximum atomic E-state index is 13.0. The van der Waals surface area contributed by atoms with Gasteiger partial charge in [0.15, 0.2) is 11.5 Å². The fourth-order valence-electron chi connectivity index (χ4n) is 4.19. The van der Waals surface area contributed by atoms with Gasteiger partial charge in [0, 0.05) is 10.7 Å². The molecule has 1 fully saturated rings. The minimum Gasteiger partial charge on any atom is -0.493 e. The van der Waals surface area contributed by atoms with Crippen LogP contribution in [0.1, 0.15) is 27.8 Å². The second kappa shape index (κ2) is 12.4. The SMILES string of the molecule is COc1cc(/C=C2/SC(=O)N(CC(=O)Nc3c(C)cc(C)cc3C)C2=O)cc(I)c1OCc1ccc(Cl)cc1. The molecule has 4 rings (SSSR count). The number of imide groups is 1. The van der Waals surface area contributed by atoms with E-state index < -0.39 is 17.1 Å². The van der Waals surface area contributed by atoms with E-state index in [0.717, 1.165) is 42.5 Å². The van der Waals surface area contributed by atoms with E-state index in [1.54, 1.807) is 24.3 Å². The number of benzene rings is 3. The van der Waals surface area contributed by atoms with Gasteiger partial charge >= 0.3 is 0 Å². The molecule has 202 valence electrons. The number of halogens is 2. The molecule has 10 heteroatoms. The fourth-order valence-corrected chi connectivity index (χ4v) is 5.93. The second-order valence-corrected chi connectivity index (χ2v) is 11.6. The van der Waals surface area contributed by atoms with Crippen molar-refractivity contribution in [3.8, 4) is 11.5 Å². The molecule has 0 unspecified atom stereocenters. The Labute approximate surface area is 250 Å². The Kier molecular flexibility index (Phi) is 9.24. The predicted octanol–water partition coefficient (Wildman–Crippen LogP) is 7.13. The minimum absolute atomic E-state index is 0.225. The van der Waals surface area contributed by atoms with Crippen LogP contribution in [-0.2, 0) is 16.2 Å². The number of hydrogen-bond acceptors (Lipinski definition) is 6. The monoisotopic (exact) mass is 676 g/mol. The van der Waals surface area contributed by atoms with Gasteiger partial charge < -0.3 is 14.8 Å². The van der Waals surface area contributed by atoms with Crippen molar-refractivity contribution >= 4 is 74.8 Å². The largest absolute Gasteiger partial charge is 0.493 e. The number of thioether (sulfide) groups is 1. The highest BCUT2D eigenvalue weighted by molar-refractivity contribution is 14.1. The van der Waals surface area contributed by atoms with Gasteiger partial charge in [0.2, 0.25) is 5.91 Å². The number of rotatable bonds is 8. The van der Waals surface area contributed by atoms with E-state index in [-0.39, 0.29) is 11.4 Å². The summed E-state index contributed by atoms with van der Waals surface area (Å²) in [6.07, 6.45) is 1.62. The molecule has 0 atom stereocenters. The summed E-state index contributed by atoms with van der Waals surface area (Å²) in [5.41, 5.74) is 5.22. The lowest BCUT2D eigenvalue weighted by atomic mass is 10.1. The first-order valence-electron chi connectivity index (χ1n) is 11.9. The molecule has 3 aromatic rings. The zero-order chi connectivity index (χ0) is 28.3. The van der Waals surface area contributed by atoms with Gasteiger partial charge in [-0.1, -0.05) is 41.4 Å². The quantitative estimate of drug-likeness (QED) is 0.202. The summed E-state index contributed by atoms with van der Waals surface area (Å²) < 4.78 is 12.3. The van der Waals surface area contributed by atoms with Gasteiger partial charge in [-0.05, 0) is 108 Å².